The highest BCUT2D eigenvalue weighted by atomic mass is 19.4. The van der Waals surface area contributed by atoms with Crippen LogP contribution in [0.5, 0.6) is 0 Å². The van der Waals surface area contributed by atoms with Crippen LogP contribution in [0.25, 0.3) is 0 Å². The summed E-state index contributed by atoms with van der Waals surface area (Å²) in [6, 6.07) is 0. The summed E-state index contributed by atoms with van der Waals surface area (Å²) in [5.41, 5.74) is -1.54. The fourth-order valence-electron chi connectivity index (χ4n) is 0.833. The molecule has 0 heterocycles. The maximum atomic E-state index is 11.9. The summed E-state index contributed by atoms with van der Waals surface area (Å²) in [4.78, 5) is 10.6. The van der Waals surface area contributed by atoms with Crippen molar-refractivity contribution in [1.82, 2.24) is 0 Å². The number of carbonyl (C=O) groups excluding carboxylic acids is 1. The van der Waals surface area contributed by atoms with E-state index >= 15 is 0 Å². The molecule has 2 nitrogen and oxygen atoms in total. The van der Waals surface area contributed by atoms with Crippen LogP contribution in [-0.4, -0.2) is 17.7 Å². The number of hydrogen-bond acceptors (Lipinski definition) is 2. The van der Waals surface area contributed by atoms with Crippen LogP contribution >= 0.6 is 0 Å². The van der Waals surface area contributed by atoms with Gasteiger partial charge >= 0.3 is 12.1 Å². The Morgan fingerprint density at radius 3 is 2.23 bits per heavy atom. The fraction of sp³-hybridized carbons (Fsp3) is 0.625. The van der Waals surface area contributed by atoms with Gasteiger partial charge in [0, 0.05) is 6.08 Å². The number of halogens is 3. The van der Waals surface area contributed by atoms with Crippen molar-refractivity contribution in [3.05, 3.63) is 12.7 Å². The van der Waals surface area contributed by atoms with E-state index in [1.165, 1.54) is 13.8 Å². The molecule has 0 aliphatic carbocycles. The normalized spacial score (nSPS) is 12.4. The van der Waals surface area contributed by atoms with Gasteiger partial charge in [0.1, 0.15) is 5.60 Å². The smallest absolute Gasteiger partial charge is 0.392 e. The largest absolute Gasteiger partial charge is 0.456 e. The lowest BCUT2D eigenvalue weighted by Gasteiger charge is -2.25. The molecule has 13 heavy (non-hydrogen) atoms. The molecule has 0 saturated heterocycles. The lowest BCUT2D eigenvalue weighted by atomic mass is 10.1. The quantitative estimate of drug-likeness (QED) is 0.512. The van der Waals surface area contributed by atoms with E-state index in [1.807, 2.05) is 0 Å². The second kappa shape index (κ2) is 3.81. The molecule has 0 atom stereocenters. The molecule has 0 aliphatic rings. The molecule has 0 saturated carbocycles. The molecular weight excluding hydrogens is 185 g/mol. The van der Waals surface area contributed by atoms with E-state index in [-0.39, 0.29) is 0 Å². The summed E-state index contributed by atoms with van der Waals surface area (Å²) in [5, 5.41) is 0. The van der Waals surface area contributed by atoms with Gasteiger partial charge in [-0.05, 0) is 13.8 Å². The molecule has 0 unspecified atom stereocenters. The SMILES string of the molecule is C=CC(=O)OC(C)(C)CC(F)(F)F. The van der Waals surface area contributed by atoms with Crippen molar-refractivity contribution < 1.29 is 22.7 Å². The second-order valence-corrected chi connectivity index (χ2v) is 3.18. The lowest BCUT2D eigenvalue weighted by Crippen LogP contribution is -2.33. The van der Waals surface area contributed by atoms with Crippen molar-refractivity contribution in [3.63, 3.8) is 0 Å². The molecule has 5 heteroatoms. The van der Waals surface area contributed by atoms with Crippen molar-refractivity contribution in [3.8, 4) is 0 Å². The van der Waals surface area contributed by atoms with E-state index < -0.39 is 24.2 Å². The van der Waals surface area contributed by atoms with Crippen LogP contribution in [0.2, 0.25) is 0 Å². The molecule has 0 radical (unpaired) electrons. The van der Waals surface area contributed by atoms with Crippen LogP contribution in [0, 0.1) is 0 Å². The van der Waals surface area contributed by atoms with Crippen molar-refractivity contribution in [1.29, 1.82) is 0 Å². The molecular formula is C8H11F3O2. The zero-order chi connectivity index (χ0) is 10.7. The first kappa shape index (κ1) is 12.0. The van der Waals surface area contributed by atoms with Crippen LogP contribution in [0.1, 0.15) is 20.3 Å². The Hall–Kier alpha value is -1.00. The number of carbonyl (C=O) groups is 1. The topological polar surface area (TPSA) is 26.3 Å². The highest BCUT2D eigenvalue weighted by Gasteiger charge is 2.38. The highest BCUT2D eigenvalue weighted by molar-refractivity contribution is 5.81. The first-order valence-electron chi connectivity index (χ1n) is 3.58. The Balaban J connectivity index is 4.24. The summed E-state index contributed by atoms with van der Waals surface area (Å²) in [7, 11) is 0. The molecule has 0 aromatic heterocycles. The first-order valence-corrected chi connectivity index (χ1v) is 3.58. The zero-order valence-electron chi connectivity index (χ0n) is 7.44. The van der Waals surface area contributed by atoms with Crippen LogP contribution in [0.15, 0.2) is 12.7 Å². The first-order chi connectivity index (χ1) is 5.66. The standard InChI is InChI=1S/C8H11F3O2/c1-4-6(12)13-7(2,3)5-8(9,10)11/h4H,1,5H2,2-3H3. The van der Waals surface area contributed by atoms with Gasteiger partial charge in [0.05, 0.1) is 6.42 Å². The maximum Gasteiger partial charge on any atom is 0.392 e. The summed E-state index contributed by atoms with van der Waals surface area (Å²) in [6.45, 7) is 5.48. The minimum Gasteiger partial charge on any atom is -0.456 e. The van der Waals surface area contributed by atoms with E-state index in [4.69, 9.17) is 0 Å². The predicted molar refractivity (Wildman–Crippen MR) is 41.0 cm³/mol. The molecule has 0 spiro atoms. The minimum atomic E-state index is -4.34. The van der Waals surface area contributed by atoms with Crippen LogP contribution in [0.3, 0.4) is 0 Å². The van der Waals surface area contributed by atoms with Crippen molar-refractivity contribution in [2.75, 3.05) is 0 Å². The number of alkyl halides is 3. The summed E-state index contributed by atoms with van der Waals surface area (Å²) >= 11 is 0. The zero-order valence-corrected chi connectivity index (χ0v) is 7.44. The van der Waals surface area contributed by atoms with Gasteiger partial charge < -0.3 is 4.74 Å². The molecule has 0 aliphatic heterocycles. The minimum absolute atomic E-state index is 0.831. The molecule has 0 aromatic carbocycles. The Labute approximate surface area is 74.4 Å². The van der Waals surface area contributed by atoms with Crippen LogP contribution < -0.4 is 0 Å². The summed E-state index contributed by atoms with van der Waals surface area (Å²) in [6.07, 6.45) is -4.68. The molecule has 0 rings (SSSR count). The van der Waals surface area contributed by atoms with E-state index in [2.05, 4.69) is 11.3 Å². The Bertz CT molecular complexity index is 206. The number of ether oxygens (including phenoxy) is 1. The van der Waals surface area contributed by atoms with Gasteiger partial charge in [0.2, 0.25) is 0 Å². The average molecular weight is 196 g/mol. The average Bonchev–Trinajstić information content (AvgIpc) is 1.80. The molecule has 76 valence electrons. The molecule has 0 N–H and O–H groups in total. The Morgan fingerprint density at radius 2 is 1.92 bits per heavy atom. The van der Waals surface area contributed by atoms with Gasteiger partial charge in [-0.25, -0.2) is 4.79 Å². The predicted octanol–water partition coefficient (Wildman–Crippen LogP) is 2.45. The van der Waals surface area contributed by atoms with Gasteiger partial charge in [-0.2, -0.15) is 13.2 Å². The van der Waals surface area contributed by atoms with Gasteiger partial charge in [0.15, 0.2) is 0 Å². The van der Waals surface area contributed by atoms with Crippen LogP contribution in [-0.2, 0) is 9.53 Å². The van der Waals surface area contributed by atoms with E-state index in [9.17, 15) is 18.0 Å². The summed E-state index contributed by atoms with van der Waals surface area (Å²) < 4.78 is 40.2. The highest BCUT2D eigenvalue weighted by Crippen LogP contribution is 2.29. The monoisotopic (exact) mass is 196 g/mol. The van der Waals surface area contributed by atoms with Gasteiger partial charge in [0.25, 0.3) is 0 Å². The van der Waals surface area contributed by atoms with Gasteiger partial charge in [-0.1, -0.05) is 6.58 Å². The number of rotatable bonds is 3. The molecule has 0 amide bonds. The Morgan fingerprint density at radius 1 is 1.46 bits per heavy atom. The third-order valence-electron chi connectivity index (χ3n) is 1.17. The second-order valence-electron chi connectivity index (χ2n) is 3.18. The third-order valence-corrected chi connectivity index (χ3v) is 1.17. The fourth-order valence-corrected chi connectivity index (χ4v) is 0.833. The molecule has 0 fully saturated rings. The van der Waals surface area contributed by atoms with Gasteiger partial charge in [-0.15, -0.1) is 0 Å². The van der Waals surface area contributed by atoms with Crippen molar-refractivity contribution >= 4 is 5.97 Å². The van der Waals surface area contributed by atoms with E-state index in [0.717, 1.165) is 6.08 Å². The van der Waals surface area contributed by atoms with Crippen molar-refractivity contribution in [2.24, 2.45) is 0 Å². The van der Waals surface area contributed by atoms with E-state index in [1.54, 1.807) is 0 Å². The molecule has 0 aromatic rings. The molecule has 0 bridgehead atoms. The number of hydrogen-bond donors (Lipinski definition) is 0. The van der Waals surface area contributed by atoms with Crippen molar-refractivity contribution in [2.45, 2.75) is 32.0 Å². The summed E-state index contributed by atoms with van der Waals surface area (Å²) in [5.74, 6) is -0.853. The van der Waals surface area contributed by atoms with Gasteiger partial charge in [-0.3, -0.25) is 0 Å². The third kappa shape index (κ3) is 6.19. The Kier molecular flexibility index (Phi) is 3.51. The number of esters is 1. The van der Waals surface area contributed by atoms with E-state index in [0.29, 0.717) is 0 Å². The van der Waals surface area contributed by atoms with Crippen LogP contribution in [0.4, 0.5) is 13.2 Å². The lowest BCUT2D eigenvalue weighted by molar-refractivity contribution is -0.185. The maximum absolute atomic E-state index is 11.9.